The van der Waals surface area contributed by atoms with E-state index in [2.05, 4.69) is 39.1 Å². The fourth-order valence-corrected chi connectivity index (χ4v) is 4.64. The van der Waals surface area contributed by atoms with Gasteiger partial charge in [-0.05, 0) is 50.3 Å². The number of rotatable bonds is 5. The highest BCUT2D eigenvalue weighted by Crippen LogP contribution is 2.24. The van der Waals surface area contributed by atoms with E-state index in [0.717, 1.165) is 53.7 Å². The number of aromatic nitrogens is 2. The summed E-state index contributed by atoms with van der Waals surface area (Å²) in [4.78, 5) is 34.4. The zero-order valence-electron chi connectivity index (χ0n) is 19.3. The molecular formula is C26H30N4O3. The van der Waals surface area contributed by atoms with Crippen LogP contribution in [0.4, 0.5) is 0 Å². The van der Waals surface area contributed by atoms with E-state index >= 15 is 0 Å². The lowest BCUT2D eigenvalue weighted by Crippen LogP contribution is -2.35. The third-order valence-electron chi connectivity index (χ3n) is 6.20. The summed E-state index contributed by atoms with van der Waals surface area (Å²) < 4.78 is 1.16. The van der Waals surface area contributed by atoms with E-state index in [1.54, 1.807) is 0 Å². The summed E-state index contributed by atoms with van der Waals surface area (Å²) in [5.74, 6) is -0.385. The smallest absolute Gasteiger partial charge is 0.335 e. The van der Waals surface area contributed by atoms with Gasteiger partial charge in [0.25, 0.3) is 5.56 Å². The van der Waals surface area contributed by atoms with Crippen molar-refractivity contribution < 1.29 is 5.11 Å². The fraction of sp³-hybridized carbons (Fsp3) is 0.346. The highest BCUT2D eigenvalue weighted by Gasteiger charge is 2.20. The summed E-state index contributed by atoms with van der Waals surface area (Å²) in [6.45, 7) is 8.48. The first kappa shape index (κ1) is 22.7. The Morgan fingerprint density at radius 1 is 1.06 bits per heavy atom. The molecule has 0 bridgehead atoms. The van der Waals surface area contributed by atoms with Crippen LogP contribution in [-0.4, -0.2) is 44.9 Å². The molecule has 0 amide bonds. The molecular weight excluding hydrogens is 416 g/mol. The van der Waals surface area contributed by atoms with Crippen LogP contribution in [-0.2, 0) is 6.54 Å². The fourth-order valence-electron chi connectivity index (χ4n) is 4.64. The number of aromatic hydroxyl groups is 1. The van der Waals surface area contributed by atoms with Gasteiger partial charge in [0.1, 0.15) is 5.56 Å². The second-order valence-corrected chi connectivity index (χ2v) is 8.85. The molecule has 4 rings (SSSR count). The van der Waals surface area contributed by atoms with Crippen LogP contribution in [0.1, 0.15) is 40.7 Å². The summed E-state index contributed by atoms with van der Waals surface area (Å²) in [5.41, 5.74) is 3.30. The van der Waals surface area contributed by atoms with Crippen LogP contribution in [0.3, 0.4) is 0 Å². The maximum absolute atomic E-state index is 12.6. The maximum Gasteiger partial charge on any atom is 0.335 e. The molecule has 33 heavy (non-hydrogen) atoms. The van der Waals surface area contributed by atoms with Crippen LogP contribution in [0, 0.1) is 20.8 Å². The lowest BCUT2D eigenvalue weighted by Gasteiger charge is -2.30. The Morgan fingerprint density at radius 2 is 1.70 bits per heavy atom. The third kappa shape index (κ3) is 4.98. The van der Waals surface area contributed by atoms with Crippen molar-refractivity contribution in [2.45, 2.75) is 46.2 Å². The number of piperidine rings is 1. The van der Waals surface area contributed by atoms with Crippen molar-refractivity contribution in [3.05, 3.63) is 91.1 Å². The average molecular weight is 447 g/mol. The molecule has 2 N–H and O–H groups in total. The molecule has 0 radical (unpaired) electrons. The zero-order chi connectivity index (χ0) is 23.5. The Balaban J connectivity index is 1.54. The van der Waals surface area contributed by atoms with E-state index in [-0.39, 0.29) is 17.5 Å². The van der Waals surface area contributed by atoms with Crippen molar-refractivity contribution >= 4 is 6.21 Å². The van der Waals surface area contributed by atoms with Gasteiger partial charge in [-0.2, -0.15) is 0 Å². The Hall–Kier alpha value is -3.45. The number of H-pyrrole nitrogens is 1. The second kappa shape index (κ2) is 9.58. The normalized spacial score (nSPS) is 15.4. The molecule has 2 heterocycles. The highest BCUT2D eigenvalue weighted by molar-refractivity contribution is 5.82. The molecule has 0 aliphatic carbocycles. The van der Waals surface area contributed by atoms with Crippen LogP contribution in [0.25, 0.3) is 5.69 Å². The van der Waals surface area contributed by atoms with Gasteiger partial charge in [-0.1, -0.05) is 48.0 Å². The first-order valence-corrected chi connectivity index (χ1v) is 11.3. The van der Waals surface area contributed by atoms with Gasteiger partial charge < -0.3 is 5.11 Å². The molecule has 1 aliphatic rings. The van der Waals surface area contributed by atoms with E-state index < -0.39 is 11.2 Å². The summed E-state index contributed by atoms with van der Waals surface area (Å²) >= 11 is 0. The summed E-state index contributed by atoms with van der Waals surface area (Å²) in [5, 5.41) is 10.9. The minimum absolute atomic E-state index is 0.000639. The molecule has 172 valence electrons. The molecule has 0 saturated carbocycles. The third-order valence-corrected chi connectivity index (χ3v) is 6.20. The number of aryl methyl sites for hydroxylation is 3. The van der Waals surface area contributed by atoms with Crippen LogP contribution in [0.15, 0.2) is 57.0 Å². The van der Waals surface area contributed by atoms with Gasteiger partial charge in [0.05, 0.1) is 11.7 Å². The van der Waals surface area contributed by atoms with Crippen molar-refractivity contribution in [1.29, 1.82) is 0 Å². The minimum atomic E-state index is -0.668. The number of nitrogens with zero attached hydrogens (tertiary/aromatic N) is 3. The summed E-state index contributed by atoms with van der Waals surface area (Å²) in [7, 11) is 0. The predicted octanol–water partition coefficient (Wildman–Crippen LogP) is 3.24. The molecule has 1 fully saturated rings. The van der Waals surface area contributed by atoms with Crippen molar-refractivity contribution in [2.75, 3.05) is 13.1 Å². The Bertz CT molecular complexity index is 1260. The number of aromatic amines is 1. The first-order chi connectivity index (χ1) is 15.8. The molecule has 1 aromatic heterocycles. The molecule has 3 aromatic rings. The molecule has 2 aromatic carbocycles. The van der Waals surface area contributed by atoms with Gasteiger partial charge in [0.2, 0.25) is 5.88 Å². The van der Waals surface area contributed by atoms with Crippen molar-refractivity contribution in [1.82, 2.24) is 14.5 Å². The second-order valence-electron chi connectivity index (χ2n) is 8.85. The predicted molar refractivity (Wildman–Crippen MR) is 131 cm³/mol. The molecule has 0 unspecified atom stereocenters. The summed E-state index contributed by atoms with van der Waals surface area (Å²) in [6.07, 6.45) is 3.16. The van der Waals surface area contributed by atoms with E-state index in [4.69, 9.17) is 0 Å². The van der Waals surface area contributed by atoms with Crippen molar-refractivity contribution in [2.24, 2.45) is 4.99 Å². The largest absolute Gasteiger partial charge is 0.493 e. The first-order valence-electron chi connectivity index (χ1n) is 11.3. The van der Waals surface area contributed by atoms with E-state index in [0.29, 0.717) is 5.69 Å². The van der Waals surface area contributed by atoms with Gasteiger partial charge in [0, 0.05) is 25.8 Å². The average Bonchev–Trinajstić information content (AvgIpc) is 2.77. The molecule has 0 atom stereocenters. The van der Waals surface area contributed by atoms with Crippen molar-refractivity contribution in [3.8, 4) is 11.6 Å². The number of nitrogens with one attached hydrogen (secondary N) is 1. The van der Waals surface area contributed by atoms with E-state index in [1.165, 1.54) is 11.8 Å². The Morgan fingerprint density at radius 3 is 2.33 bits per heavy atom. The lowest BCUT2D eigenvalue weighted by molar-refractivity contribution is 0.206. The van der Waals surface area contributed by atoms with E-state index in [1.807, 2.05) is 39.0 Å². The SMILES string of the molecule is Cc1cc(C)c(-n2c(O)c(C=NC3CCN(Cc4ccccc4)CC3)c(=O)[nH]c2=O)c(C)c1. The number of likely N-dealkylation sites (tertiary alicyclic amines) is 1. The van der Waals surface area contributed by atoms with Crippen molar-refractivity contribution in [3.63, 3.8) is 0 Å². The molecule has 1 aliphatic heterocycles. The minimum Gasteiger partial charge on any atom is -0.493 e. The molecule has 0 spiro atoms. The van der Waals surface area contributed by atoms with Crippen LogP contribution in [0.2, 0.25) is 0 Å². The standard InChI is InChI=1S/C26H30N4O3/c1-17-13-18(2)23(19(3)14-17)30-25(32)22(24(31)28-26(30)33)15-27-21-9-11-29(12-10-21)16-20-7-5-4-6-8-20/h4-8,13-15,21,32H,9-12,16H2,1-3H3,(H,28,31,33). The molecule has 7 nitrogen and oxygen atoms in total. The zero-order valence-corrected chi connectivity index (χ0v) is 19.3. The lowest BCUT2D eigenvalue weighted by atomic mass is 10.0. The number of hydrogen-bond acceptors (Lipinski definition) is 5. The Kier molecular flexibility index (Phi) is 6.60. The van der Waals surface area contributed by atoms with Gasteiger partial charge in [-0.25, -0.2) is 9.36 Å². The number of benzene rings is 2. The topological polar surface area (TPSA) is 90.7 Å². The quantitative estimate of drug-likeness (QED) is 0.589. The van der Waals surface area contributed by atoms with Crippen LogP contribution >= 0.6 is 0 Å². The monoisotopic (exact) mass is 446 g/mol. The van der Waals surface area contributed by atoms with Gasteiger partial charge in [-0.3, -0.25) is 19.7 Å². The van der Waals surface area contributed by atoms with Crippen LogP contribution < -0.4 is 11.2 Å². The van der Waals surface area contributed by atoms with Gasteiger partial charge in [-0.15, -0.1) is 0 Å². The van der Waals surface area contributed by atoms with Gasteiger partial charge >= 0.3 is 5.69 Å². The maximum atomic E-state index is 12.6. The Labute approximate surface area is 193 Å². The number of aliphatic imine (C=N–C) groups is 1. The van der Waals surface area contributed by atoms with E-state index in [9.17, 15) is 14.7 Å². The molecule has 7 heteroatoms. The highest BCUT2D eigenvalue weighted by atomic mass is 16.3. The van der Waals surface area contributed by atoms with Crippen LogP contribution in [0.5, 0.6) is 5.88 Å². The van der Waals surface area contributed by atoms with Gasteiger partial charge in [0.15, 0.2) is 0 Å². The number of hydrogen-bond donors (Lipinski definition) is 2. The summed E-state index contributed by atoms with van der Waals surface area (Å²) in [6, 6.07) is 14.3. The molecule has 1 saturated heterocycles.